The molecule has 96 valence electrons. The van der Waals surface area contributed by atoms with Crippen molar-refractivity contribution in [2.45, 2.75) is 30.2 Å². The van der Waals surface area contributed by atoms with E-state index in [4.69, 9.17) is 16.0 Å². The molecule has 0 aliphatic rings. The summed E-state index contributed by atoms with van der Waals surface area (Å²) in [5.41, 5.74) is 1.15. The third-order valence-corrected chi connectivity index (χ3v) is 4.26. The number of hydrogen-bond acceptors (Lipinski definition) is 3. The molecule has 0 aliphatic carbocycles. The van der Waals surface area contributed by atoms with Gasteiger partial charge in [0.05, 0.1) is 11.2 Å². The van der Waals surface area contributed by atoms with E-state index in [1.165, 1.54) is 4.90 Å². The first-order valence-electron chi connectivity index (χ1n) is 5.92. The van der Waals surface area contributed by atoms with E-state index in [1.54, 1.807) is 18.0 Å². The van der Waals surface area contributed by atoms with E-state index in [0.717, 1.165) is 34.3 Å². The highest BCUT2D eigenvalue weighted by atomic mass is 35.5. The number of benzene rings is 1. The Labute approximate surface area is 117 Å². The molecule has 1 N–H and O–H groups in total. The van der Waals surface area contributed by atoms with Gasteiger partial charge in [-0.3, -0.25) is 0 Å². The van der Waals surface area contributed by atoms with Crippen molar-refractivity contribution in [3.8, 4) is 0 Å². The lowest BCUT2D eigenvalue weighted by Gasteiger charge is -2.11. The van der Waals surface area contributed by atoms with Gasteiger partial charge in [-0.1, -0.05) is 36.4 Å². The Morgan fingerprint density at radius 2 is 2.11 bits per heavy atom. The Balaban J connectivity index is 2.26. The van der Waals surface area contributed by atoms with E-state index >= 15 is 0 Å². The number of hydrogen-bond donors (Lipinski definition) is 1. The van der Waals surface area contributed by atoms with Gasteiger partial charge >= 0.3 is 0 Å². The van der Waals surface area contributed by atoms with Gasteiger partial charge in [-0.15, -0.1) is 0 Å². The number of aryl methyl sites for hydroxylation is 1. The van der Waals surface area contributed by atoms with Crippen LogP contribution in [-0.4, -0.2) is 6.54 Å². The van der Waals surface area contributed by atoms with Gasteiger partial charge in [0.1, 0.15) is 5.76 Å². The molecule has 0 aliphatic heterocycles. The van der Waals surface area contributed by atoms with Gasteiger partial charge < -0.3 is 9.73 Å². The molecule has 1 aromatic carbocycles. The molecule has 4 heteroatoms. The zero-order valence-electron chi connectivity index (χ0n) is 10.5. The van der Waals surface area contributed by atoms with Crippen LogP contribution in [0.5, 0.6) is 0 Å². The molecule has 0 saturated heterocycles. The van der Waals surface area contributed by atoms with Crippen LogP contribution in [0.1, 0.15) is 18.2 Å². The largest absolute Gasteiger partial charge is 0.468 e. The maximum Gasteiger partial charge on any atom is 0.114 e. The van der Waals surface area contributed by atoms with Crippen LogP contribution in [0.25, 0.3) is 0 Å². The standard InChI is InChI=1S/C14H16ClNOS/c1-3-16-9-11-12(15)5-4-6-14(11)18-13-7-8-17-10(13)2/h4-8,16H,3,9H2,1-2H3. The summed E-state index contributed by atoms with van der Waals surface area (Å²) in [5, 5.41) is 4.13. The minimum atomic E-state index is 0.787. The van der Waals surface area contributed by atoms with Crippen molar-refractivity contribution < 1.29 is 4.42 Å². The molecule has 0 atom stereocenters. The second-order valence-corrected chi connectivity index (χ2v) is 5.43. The molecule has 2 aromatic rings. The van der Waals surface area contributed by atoms with Gasteiger partial charge in [-0.05, 0) is 37.2 Å². The number of rotatable bonds is 5. The first kappa shape index (κ1) is 13.5. The molecule has 0 radical (unpaired) electrons. The summed E-state index contributed by atoms with van der Waals surface area (Å²) < 4.78 is 5.32. The van der Waals surface area contributed by atoms with Crippen LogP contribution in [0.15, 0.2) is 44.7 Å². The molecular weight excluding hydrogens is 266 g/mol. The lowest BCUT2D eigenvalue weighted by molar-refractivity contribution is 0.527. The summed E-state index contributed by atoms with van der Waals surface area (Å²) in [4.78, 5) is 2.31. The van der Waals surface area contributed by atoms with E-state index in [1.807, 2.05) is 25.1 Å². The van der Waals surface area contributed by atoms with Gasteiger partial charge in [-0.25, -0.2) is 0 Å². The Bertz CT molecular complexity index is 524. The SMILES string of the molecule is CCNCc1c(Cl)cccc1Sc1ccoc1C. The van der Waals surface area contributed by atoms with Crippen molar-refractivity contribution in [1.82, 2.24) is 5.32 Å². The van der Waals surface area contributed by atoms with E-state index < -0.39 is 0 Å². The summed E-state index contributed by atoms with van der Waals surface area (Å²) in [7, 11) is 0. The Morgan fingerprint density at radius 3 is 2.78 bits per heavy atom. The monoisotopic (exact) mass is 281 g/mol. The van der Waals surface area contributed by atoms with Crippen molar-refractivity contribution in [3.05, 3.63) is 46.9 Å². The highest BCUT2D eigenvalue weighted by Gasteiger charge is 2.10. The molecule has 0 saturated carbocycles. The summed E-state index contributed by atoms with van der Waals surface area (Å²) in [5.74, 6) is 0.939. The minimum absolute atomic E-state index is 0.787. The molecule has 0 fully saturated rings. The van der Waals surface area contributed by atoms with Crippen molar-refractivity contribution in [3.63, 3.8) is 0 Å². The third kappa shape index (κ3) is 3.10. The molecule has 0 unspecified atom stereocenters. The Hall–Kier alpha value is -0.900. The van der Waals surface area contributed by atoms with Crippen LogP contribution in [0.2, 0.25) is 5.02 Å². The second-order valence-electron chi connectivity index (χ2n) is 3.94. The molecular formula is C14H16ClNOS. The van der Waals surface area contributed by atoms with Crippen molar-refractivity contribution >= 4 is 23.4 Å². The summed E-state index contributed by atoms with van der Waals surface area (Å²) >= 11 is 7.96. The van der Waals surface area contributed by atoms with Gasteiger partial charge in [0.25, 0.3) is 0 Å². The van der Waals surface area contributed by atoms with E-state index in [9.17, 15) is 0 Å². The van der Waals surface area contributed by atoms with Crippen LogP contribution in [0.3, 0.4) is 0 Å². The zero-order valence-corrected chi connectivity index (χ0v) is 12.1. The quantitative estimate of drug-likeness (QED) is 0.873. The second kappa shape index (κ2) is 6.32. The maximum atomic E-state index is 6.27. The maximum absolute atomic E-state index is 6.27. The van der Waals surface area contributed by atoms with Crippen molar-refractivity contribution in [2.75, 3.05) is 6.54 Å². The fourth-order valence-electron chi connectivity index (χ4n) is 1.65. The van der Waals surface area contributed by atoms with Crippen molar-refractivity contribution in [1.29, 1.82) is 0 Å². The Kier molecular flexibility index (Phi) is 4.75. The van der Waals surface area contributed by atoms with Gasteiger partial charge in [0, 0.05) is 16.5 Å². The van der Waals surface area contributed by atoms with Crippen LogP contribution in [0, 0.1) is 6.92 Å². The summed E-state index contributed by atoms with van der Waals surface area (Å²) in [6.45, 7) is 5.77. The molecule has 0 spiro atoms. The predicted molar refractivity (Wildman–Crippen MR) is 76.4 cm³/mol. The summed E-state index contributed by atoms with van der Waals surface area (Å²) in [6.07, 6.45) is 1.71. The topological polar surface area (TPSA) is 25.2 Å². The van der Waals surface area contributed by atoms with Crippen LogP contribution >= 0.6 is 23.4 Å². The van der Waals surface area contributed by atoms with E-state index in [2.05, 4.69) is 18.3 Å². The fourth-order valence-corrected chi connectivity index (χ4v) is 2.96. The van der Waals surface area contributed by atoms with Gasteiger partial charge in [-0.2, -0.15) is 0 Å². The first-order chi connectivity index (χ1) is 8.72. The molecule has 1 aromatic heterocycles. The molecule has 1 heterocycles. The number of nitrogens with one attached hydrogen (secondary N) is 1. The third-order valence-electron chi connectivity index (χ3n) is 2.66. The van der Waals surface area contributed by atoms with Gasteiger partial charge in [0.15, 0.2) is 0 Å². The minimum Gasteiger partial charge on any atom is -0.468 e. The summed E-state index contributed by atoms with van der Waals surface area (Å²) in [6, 6.07) is 7.99. The lowest BCUT2D eigenvalue weighted by Crippen LogP contribution is -2.12. The fraction of sp³-hybridized carbons (Fsp3) is 0.286. The molecule has 18 heavy (non-hydrogen) atoms. The highest BCUT2D eigenvalue weighted by molar-refractivity contribution is 7.99. The van der Waals surface area contributed by atoms with Crippen LogP contribution in [-0.2, 0) is 6.54 Å². The normalized spacial score (nSPS) is 10.8. The highest BCUT2D eigenvalue weighted by Crippen LogP contribution is 2.35. The first-order valence-corrected chi connectivity index (χ1v) is 7.12. The van der Waals surface area contributed by atoms with E-state index in [-0.39, 0.29) is 0 Å². The number of furan rings is 1. The van der Waals surface area contributed by atoms with Crippen LogP contribution in [0.4, 0.5) is 0 Å². The lowest BCUT2D eigenvalue weighted by atomic mass is 10.2. The molecule has 0 bridgehead atoms. The van der Waals surface area contributed by atoms with E-state index in [0.29, 0.717) is 0 Å². The van der Waals surface area contributed by atoms with Gasteiger partial charge in [0.2, 0.25) is 0 Å². The number of halogens is 1. The average Bonchev–Trinajstić information content (AvgIpc) is 2.74. The van der Waals surface area contributed by atoms with Crippen LogP contribution < -0.4 is 5.32 Å². The van der Waals surface area contributed by atoms with Crippen molar-refractivity contribution in [2.24, 2.45) is 0 Å². The average molecular weight is 282 g/mol. The smallest absolute Gasteiger partial charge is 0.114 e. The predicted octanol–water partition coefficient (Wildman–Crippen LogP) is 4.50. The zero-order chi connectivity index (χ0) is 13.0. The molecule has 2 rings (SSSR count). The molecule has 2 nitrogen and oxygen atoms in total. The Morgan fingerprint density at radius 1 is 1.28 bits per heavy atom. The molecule has 0 amide bonds.